The molecule has 0 aliphatic carbocycles. The number of hydrogen-bond donors (Lipinski definition) is 0. The summed E-state index contributed by atoms with van der Waals surface area (Å²) >= 11 is 0. The van der Waals surface area contributed by atoms with Crippen LogP contribution in [-0.4, -0.2) is 14.4 Å². The second kappa shape index (κ2) is 7.63. The SMILES string of the molecule is O=P(c1ccccc1)(c1cccnc1)c1ccc2c(c1)nc1c3ccccc3c3ccccc3n21. The molecule has 0 N–H and O–H groups in total. The Morgan fingerprint density at radius 3 is 2.11 bits per heavy atom. The van der Waals surface area contributed by atoms with Gasteiger partial charge in [0, 0.05) is 39.1 Å². The van der Waals surface area contributed by atoms with Crippen LogP contribution in [0.2, 0.25) is 0 Å². The Kier molecular flexibility index (Phi) is 4.39. The van der Waals surface area contributed by atoms with Crippen molar-refractivity contribution in [2.45, 2.75) is 0 Å². The van der Waals surface area contributed by atoms with E-state index in [4.69, 9.17) is 4.98 Å². The van der Waals surface area contributed by atoms with Gasteiger partial charge in [-0.2, -0.15) is 0 Å². The quantitative estimate of drug-likeness (QED) is 0.242. The molecular weight excluding hydrogens is 449 g/mol. The number of imidazole rings is 1. The lowest BCUT2D eigenvalue weighted by Crippen LogP contribution is -2.25. The molecule has 0 saturated carbocycles. The largest absolute Gasteiger partial charge is 0.309 e. The summed E-state index contributed by atoms with van der Waals surface area (Å²) in [7, 11) is -3.13. The number of nitrogens with zero attached hydrogens (tertiary/aromatic N) is 3. The molecule has 4 nitrogen and oxygen atoms in total. The summed E-state index contributed by atoms with van der Waals surface area (Å²) in [5, 5.41) is 5.71. The van der Waals surface area contributed by atoms with Crippen molar-refractivity contribution in [3.05, 3.63) is 122 Å². The van der Waals surface area contributed by atoms with Crippen molar-refractivity contribution >= 4 is 61.4 Å². The number of pyridine rings is 2. The Labute approximate surface area is 201 Å². The van der Waals surface area contributed by atoms with Crippen LogP contribution in [0, 0.1) is 0 Å². The van der Waals surface area contributed by atoms with E-state index >= 15 is 0 Å². The summed E-state index contributed by atoms with van der Waals surface area (Å²) in [6.07, 6.45) is 3.42. The molecule has 0 fully saturated rings. The molecule has 3 heterocycles. The maximum atomic E-state index is 14.8. The molecule has 1 atom stereocenters. The zero-order valence-electron chi connectivity index (χ0n) is 18.7. The van der Waals surface area contributed by atoms with Gasteiger partial charge in [0.25, 0.3) is 0 Å². The average molecular weight is 469 g/mol. The number of hydrogen-bond acceptors (Lipinski definition) is 3. The highest BCUT2D eigenvalue weighted by atomic mass is 31.2. The van der Waals surface area contributed by atoms with Crippen LogP contribution in [0.1, 0.15) is 0 Å². The second-order valence-corrected chi connectivity index (χ2v) is 11.4. The van der Waals surface area contributed by atoms with Crippen molar-refractivity contribution in [1.82, 2.24) is 14.4 Å². The first-order valence-electron chi connectivity index (χ1n) is 11.5. The minimum atomic E-state index is -3.13. The van der Waals surface area contributed by atoms with Gasteiger partial charge in [-0.3, -0.25) is 9.38 Å². The molecule has 0 amide bonds. The molecule has 166 valence electrons. The lowest BCUT2D eigenvalue weighted by atomic mass is 10.1. The van der Waals surface area contributed by atoms with Gasteiger partial charge in [0.1, 0.15) is 5.65 Å². The van der Waals surface area contributed by atoms with Gasteiger partial charge < -0.3 is 4.57 Å². The van der Waals surface area contributed by atoms with Crippen LogP contribution in [-0.2, 0) is 4.57 Å². The van der Waals surface area contributed by atoms with Crippen molar-refractivity contribution < 1.29 is 4.57 Å². The molecule has 3 aromatic heterocycles. The van der Waals surface area contributed by atoms with Crippen LogP contribution < -0.4 is 15.9 Å². The van der Waals surface area contributed by atoms with Gasteiger partial charge in [0.15, 0.2) is 7.14 Å². The molecule has 7 aromatic rings. The molecule has 0 radical (unpaired) electrons. The van der Waals surface area contributed by atoms with Gasteiger partial charge in [-0.05, 0) is 41.8 Å². The van der Waals surface area contributed by atoms with Crippen LogP contribution >= 0.6 is 7.14 Å². The van der Waals surface area contributed by atoms with Crippen LogP contribution in [0.4, 0.5) is 0 Å². The first kappa shape index (κ1) is 20.1. The molecule has 5 heteroatoms. The molecule has 35 heavy (non-hydrogen) atoms. The smallest absolute Gasteiger partial charge is 0.172 e. The molecule has 1 unspecified atom stereocenters. The molecular formula is C30H20N3OP. The zero-order valence-corrected chi connectivity index (χ0v) is 19.6. The first-order chi connectivity index (χ1) is 17.2. The van der Waals surface area contributed by atoms with Gasteiger partial charge in [-0.15, -0.1) is 0 Å². The molecule has 0 spiro atoms. The lowest BCUT2D eigenvalue weighted by Gasteiger charge is -2.19. The third kappa shape index (κ3) is 2.90. The molecule has 0 aliphatic rings. The molecule has 4 aromatic carbocycles. The fourth-order valence-corrected chi connectivity index (χ4v) is 7.72. The van der Waals surface area contributed by atoms with E-state index in [-0.39, 0.29) is 0 Å². The van der Waals surface area contributed by atoms with Gasteiger partial charge in [0.05, 0.1) is 16.6 Å². The molecule has 7 rings (SSSR count). The molecule has 0 aliphatic heterocycles. The van der Waals surface area contributed by atoms with Crippen molar-refractivity contribution in [3.8, 4) is 0 Å². The van der Waals surface area contributed by atoms with E-state index in [0.29, 0.717) is 5.30 Å². The van der Waals surface area contributed by atoms with E-state index in [0.717, 1.165) is 38.2 Å². The van der Waals surface area contributed by atoms with Gasteiger partial charge in [-0.25, -0.2) is 4.98 Å². The maximum Gasteiger partial charge on any atom is 0.172 e. The van der Waals surface area contributed by atoms with Gasteiger partial charge >= 0.3 is 0 Å². The van der Waals surface area contributed by atoms with Crippen molar-refractivity contribution in [2.75, 3.05) is 0 Å². The van der Waals surface area contributed by atoms with Crippen LogP contribution in [0.3, 0.4) is 0 Å². The van der Waals surface area contributed by atoms with Crippen molar-refractivity contribution in [3.63, 3.8) is 0 Å². The number of benzene rings is 4. The fourth-order valence-electron chi connectivity index (χ4n) is 5.12. The van der Waals surface area contributed by atoms with E-state index < -0.39 is 7.14 Å². The number of para-hydroxylation sites is 1. The average Bonchev–Trinajstić information content (AvgIpc) is 3.33. The minimum Gasteiger partial charge on any atom is -0.309 e. The van der Waals surface area contributed by atoms with E-state index in [1.165, 1.54) is 10.8 Å². The molecule has 0 bridgehead atoms. The number of rotatable bonds is 3. The fraction of sp³-hybridized carbons (Fsp3) is 0. The summed E-state index contributed by atoms with van der Waals surface area (Å²) in [6.45, 7) is 0. The lowest BCUT2D eigenvalue weighted by molar-refractivity contribution is 0.592. The summed E-state index contributed by atoms with van der Waals surface area (Å²) in [4.78, 5) is 9.36. The van der Waals surface area contributed by atoms with E-state index in [1.807, 2.05) is 60.7 Å². The van der Waals surface area contributed by atoms with Crippen LogP contribution in [0.25, 0.3) is 38.4 Å². The highest BCUT2D eigenvalue weighted by Gasteiger charge is 2.30. The Hall–Kier alpha value is -4.27. The maximum absolute atomic E-state index is 14.8. The topological polar surface area (TPSA) is 47.3 Å². The number of fused-ring (bicyclic) bond motifs is 8. The predicted octanol–water partition coefficient (Wildman–Crippen LogP) is 5.83. The Morgan fingerprint density at radius 1 is 0.600 bits per heavy atom. The van der Waals surface area contributed by atoms with Crippen LogP contribution in [0.5, 0.6) is 0 Å². The standard InChI is InChI=1S/C30H20N3OP/c34-35(21-9-2-1-3-10-21,23-11-8-18-31-20-23)22-16-17-29-27(19-22)32-30-26-14-5-4-12-24(26)25-13-6-7-15-28(25)33(29)30/h1-20H. The highest BCUT2D eigenvalue weighted by molar-refractivity contribution is 7.85. The first-order valence-corrected chi connectivity index (χ1v) is 13.2. The van der Waals surface area contributed by atoms with Crippen LogP contribution in [0.15, 0.2) is 122 Å². The van der Waals surface area contributed by atoms with Gasteiger partial charge in [0.2, 0.25) is 0 Å². The number of aromatic nitrogens is 3. The summed E-state index contributed by atoms with van der Waals surface area (Å²) < 4.78 is 17.0. The summed E-state index contributed by atoms with van der Waals surface area (Å²) in [6, 6.07) is 36.2. The third-order valence-corrected chi connectivity index (χ3v) is 9.76. The van der Waals surface area contributed by atoms with Gasteiger partial charge in [-0.1, -0.05) is 72.8 Å². The monoisotopic (exact) mass is 469 g/mol. The Morgan fingerprint density at radius 2 is 1.31 bits per heavy atom. The highest BCUT2D eigenvalue weighted by Crippen LogP contribution is 2.43. The zero-order chi connectivity index (χ0) is 23.4. The van der Waals surface area contributed by atoms with Crippen molar-refractivity contribution in [1.29, 1.82) is 0 Å². The third-order valence-electron chi connectivity index (χ3n) is 6.73. The minimum absolute atomic E-state index is 0.713. The normalized spacial score (nSPS) is 13.5. The summed E-state index contributed by atoms with van der Waals surface area (Å²) in [5.41, 5.74) is 3.83. The van der Waals surface area contributed by atoms with E-state index in [9.17, 15) is 4.57 Å². The second-order valence-electron chi connectivity index (χ2n) is 8.66. The molecule has 0 saturated heterocycles. The summed E-state index contributed by atoms with van der Waals surface area (Å²) in [5.74, 6) is 0. The van der Waals surface area contributed by atoms with E-state index in [1.54, 1.807) is 12.4 Å². The van der Waals surface area contributed by atoms with E-state index in [2.05, 4.69) is 57.9 Å². The predicted molar refractivity (Wildman–Crippen MR) is 145 cm³/mol. The Bertz CT molecular complexity index is 1880. The van der Waals surface area contributed by atoms with Crippen molar-refractivity contribution in [2.24, 2.45) is 0 Å². The Balaban J connectivity index is 1.58.